The molecule has 0 radical (unpaired) electrons. The monoisotopic (exact) mass is 258 g/mol. The molecule has 0 aliphatic carbocycles. The summed E-state index contributed by atoms with van der Waals surface area (Å²) >= 11 is 0. The second kappa shape index (κ2) is 7.20. The zero-order valence-electron chi connectivity index (χ0n) is 11.1. The highest BCUT2D eigenvalue weighted by Gasteiger charge is 2.25. The second-order valence-electron chi connectivity index (χ2n) is 4.58. The highest BCUT2D eigenvalue weighted by Crippen LogP contribution is 2.09. The van der Waals surface area contributed by atoms with Crippen LogP contribution in [-0.2, 0) is 9.53 Å². The number of carbonyl (C=O) groups excluding carboxylic acids is 1. The molecule has 18 heavy (non-hydrogen) atoms. The van der Waals surface area contributed by atoms with E-state index in [4.69, 9.17) is 9.84 Å². The van der Waals surface area contributed by atoms with Gasteiger partial charge in [-0.15, -0.1) is 0 Å². The van der Waals surface area contributed by atoms with Gasteiger partial charge in [-0.25, -0.2) is 4.79 Å². The topological polar surface area (TPSA) is 70.1 Å². The molecule has 1 atom stereocenters. The lowest BCUT2D eigenvalue weighted by atomic mass is 10.3. The van der Waals surface area contributed by atoms with Crippen LogP contribution in [0.2, 0.25) is 0 Å². The smallest absolute Gasteiger partial charge is 0.323 e. The van der Waals surface area contributed by atoms with Crippen molar-refractivity contribution in [1.29, 1.82) is 0 Å². The third kappa shape index (κ3) is 4.52. The lowest BCUT2D eigenvalue weighted by molar-refractivity contribution is -0.137. The fourth-order valence-corrected chi connectivity index (χ4v) is 2.04. The van der Waals surface area contributed by atoms with Gasteiger partial charge in [0, 0.05) is 26.2 Å². The van der Waals surface area contributed by atoms with Crippen LogP contribution >= 0.6 is 0 Å². The van der Waals surface area contributed by atoms with E-state index in [-0.39, 0.29) is 18.7 Å². The highest BCUT2D eigenvalue weighted by atomic mass is 16.5. The van der Waals surface area contributed by atoms with Gasteiger partial charge in [0.25, 0.3) is 0 Å². The summed E-state index contributed by atoms with van der Waals surface area (Å²) in [5, 5.41) is 8.83. The molecular weight excluding hydrogens is 236 g/mol. The number of urea groups is 1. The minimum Gasteiger partial charge on any atom is -0.480 e. The molecule has 2 amide bonds. The predicted molar refractivity (Wildman–Crippen MR) is 66.5 cm³/mol. The first kappa shape index (κ1) is 14.8. The molecule has 0 aromatic heterocycles. The molecule has 1 unspecified atom stereocenters. The molecular formula is C12H22N2O4. The summed E-state index contributed by atoms with van der Waals surface area (Å²) in [5.74, 6) is -0.976. The molecule has 1 N–H and O–H groups in total. The van der Waals surface area contributed by atoms with Crippen LogP contribution in [0, 0.1) is 0 Å². The number of nitrogens with zero attached hydrogens (tertiary/aromatic N) is 2. The van der Waals surface area contributed by atoms with E-state index < -0.39 is 5.97 Å². The van der Waals surface area contributed by atoms with E-state index in [9.17, 15) is 9.59 Å². The van der Waals surface area contributed by atoms with Gasteiger partial charge in [0.05, 0.1) is 6.10 Å². The Labute approximate surface area is 107 Å². The zero-order chi connectivity index (χ0) is 13.5. The maximum absolute atomic E-state index is 12.3. The largest absolute Gasteiger partial charge is 0.480 e. The van der Waals surface area contributed by atoms with E-state index in [1.165, 1.54) is 4.90 Å². The van der Waals surface area contributed by atoms with Gasteiger partial charge < -0.3 is 19.6 Å². The van der Waals surface area contributed by atoms with Crippen LogP contribution in [0.15, 0.2) is 0 Å². The summed E-state index contributed by atoms with van der Waals surface area (Å²) in [6.07, 6.45) is 1.55. The number of rotatable bonds is 4. The number of aliphatic carboxylic acids is 1. The standard InChI is InChI=1S/C12H22N2O4/c1-3-5-13(9-11(15)16)12(17)14-6-4-7-18-10(2)8-14/h10H,3-9H2,1-2H3,(H,15,16). The SMILES string of the molecule is CCCN(CC(=O)O)C(=O)N1CCCOC(C)C1. The Morgan fingerprint density at radius 2 is 2.22 bits per heavy atom. The summed E-state index contributed by atoms with van der Waals surface area (Å²) in [5.41, 5.74) is 0. The second-order valence-corrected chi connectivity index (χ2v) is 4.58. The maximum atomic E-state index is 12.3. The fourth-order valence-electron chi connectivity index (χ4n) is 2.04. The van der Waals surface area contributed by atoms with Gasteiger partial charge in [-0.2, -0.15) is 0 Å². The number of ether oxygens (including phenoxy) is 1. The maximum Gasteiger partial charge on any atom is 0.323 e. The molecule has 1 fully saturated rings. The Morgan fingerprint density at radius 1 is 1.50 bits per heavy atom. The van der Waals surface area contributed by atoms with Crippen LogP contribution in [0.5, 0.6) is 0 Å². The Hall–Kier alpha value is -1.30. The average molecular weight is 258 g/mol. The first-order chi connectivity index (χ1) is 8.54. The van der Waals surface area contributed by atoms with Crippen LogP contribution < -0.4 is 0 Å². The first-order valence-corrected chi connectivity index (χ1v) is 6.41. The van der Waals surface area contributed by atoms with Crippen molar-refractivity contribution in [1.82, 2.24) is 9.80 Å². The van der Waals surface area contributed by atoms with Crippen LogP contribution in [-0.4, -0.2) is 65.8 Å². The normalized spacial score (nSPS) is 20.3. The van der Waals surface area contributed by atoms with Crippen LogP contribution in [0.4, 0.5) is 4.79 Å². The van der Waals surface area contributed by atoms with Crippen molar-refractivity contribution in [2.75, 3.05) is 32.8 Å². The lowest BCUT2D eigenvalue weighted by Crippen LogP contribution is -2.47. The third-order valence-electron chi connectivity index (χ3n) is 2.81. The summed E-state index contributed by atoms with van der Waals surface area (Å²) in [6.45, 7) is 5.89. The van der Waals surface area contributed by atoms with E-state index in [0.717, 1.165) is 12.8 Å². The number of hydrogen-bond acceptors (Lipinski definition) is 3. The van der Waals surface area contributed by atoms with Gasteiger partial charge in [-0.1, -0.05) is 6.92 Å². The number of carboxylic acids is 1. The van der Waals surface area contributed by atoms with E-state index in [2.05, 4.69) is 0 Å². The molecule has 6 nitrogen and oxygen atoms in total. The van der Waals surface area contributed by atoms with Gasteiger partial charge in [0.15, 0.2) is 0 Å². The van der Waals surface area contributed by atoms with Crippen molar-refractivity contribution < 1.29 is 19.4 Å². The van der Waals surface area contributed by atoms with E-state index in [1.807, 2.05) is 13.8 Å². The number of hydrogen-bond donors (Lipinski definition) is 1. The quantitative estimate of drug-likeness (QED) is 0.817. The van der Waals surface area contributed by atoms with Gasteiger partial charge in [0.2, 0.25) is 0 Å². The molecule has 1 aliphatic heterocycles. The summed E-state index contributed by atoms with van der Waals surface area (Å²) < 4.78 is 5.48. The van der Waals surface area contributed by atoms with Crippen LogP contribution in [0.3, 0.4) is 0 Å². The summed E-state index contributed by atoms with van der Waals surface area (Å²) in [4.78, 5) is 26.1. The fraction of sp³-hybridized carbons (Fsp3) is 0.833. The van der Waals surface area contributed by atoms with Crippen molar-refractivity contribution in [3.8, 4) is 0 Å². The van der Waals surface area contributed by atoms with Crippen molar-refractivity contribution in [2.24, 2.45) is 0 Å². The molecule has 6 heteroatoms. The van der Waals surface area contributed by atoms with E-state index in [1.54, 1.807) is 4.90 Å². The van der Waals surface area contributed by atoms with Crippen LogP contribution in [0.25, 0.3) is 0 Å². The van der Waals surface area contributed by atoms with E-state index >= 15 is 0 Å². The van der Waals surface area contributed by atoms with E-state index in [0.29, 0.717) is 26.2 Å². The minimum atomic E-state index is -0.976. The molecule has 0 bridgehead atoms. The molecule has 1 saturated heterocycles. The van der Waals surface area contributed by atoms with Crippen molar-refractivity contribution in [2.45, 2.75) is 32.8 Å². The van der Waals surface area contributed by atoms with Crippen molar-refractivity contribution in [3.63, 3.8) is 0 Å². The Balaban J connectivity index is 2.64. The Kier molecular flexibility index (Phi) is 5.91. The van der Waals surface area contributed by atoms with Gasteiger partial charge in [-0.3, -0.25) is 4.79 Å². The first-order valence-electron chi connectivity index (χ1n) is 6.41. The molecule has 104 valence electrons. The van der Waals surface area contributed by atoms with Crippen molar-refractivity contribution in [3.05, 3.63) is 0 Å². The van der Waals surface area contributed by atoms with Gasteiger partial charge in [0.1, 0.15) is 6.54 Å². The summed E-state index contributed by atoms with van der Waals surface area (Å²) in [6, 6.07) is -0.198. The average Bonchev–Trinajstić information content (AvgIpc) is 2.52. The molecule has 0 saturated carbocycles. The number of amides is 2. The summed E-state index contributed by atoms with van der Waals surface area (Å²) in [7, 11) is 0. The molecule has 0 spiro atoms. The Bertz CT molecular complexity index is 296. The highest BCUT2D eigenvalue weighted by molar-refractivity contribution is 5.80. The molecule has 1 aliphatic rings. The number of carbonyl (C=O) groups is 2. The predicted octanol–water partition coefficient (Wildman–Crippen LogP) is 1.01. The van der Waals surface area contributed by atoms with Crippen LogP contribution in [0.1, 0.15) is 26.7 Å². The number of carboxylic acid groups (broad SMARTS) is 1. The lowest BCUT2D eigenvalue weighted by Gasteiger charge is -2.29. The minimum absolute atomic E-state index is 0.00440. The zero-order valence-corrected chi connectivity index (χ0v) is 11.1. The molecule has 0 aromatic rings. The Morgan fingerprint density at radius 3 is 2.83 bits per heavy atom. The van der Waals surface area contributed by atoms with Crippen molar-refractivity contribution >= 4 is 12.0 Å². The van der Waals surface area contributed by atoms with Gasteiger partial charge >= 0.3 is 12.0 Å². The van der Waals surface area contributed by atoms with Gasteiger partial charge in [-0.05, 0) is 19.8 Å². The third-order valence-corrected chi connectivity index (χ3v) is 2.81. The molecule has 1 heterocycles. The molecule has 0 aromatic carbocycles. The molecule has 1 rings (SSSR count).